The number of hydrogen-bond donors (Lipinski definition) is 0. The number of hydrogen-bond acceptors (Lipinski definition) is 6. The van der Waals surface area contributed by atoms with Crippen LogP contribution in [0.15, 0.2) is 52.8 Å². The van der Waals surface area contributed by atoms with E-state index in [0.29, 0.717) is 23.9 Å². The number of para-hydroxylation sites is 2. The first-order chi connectivity index (χ1) is 14.0. The molecule has 0 amide bonds. The lowest BCUT2D eigenvalue weighted by atomic mass is 10.3. The van der Waals surface area contributed by atoms with Crippen molar-refractivity contribution < 1.29 is 9.47 Å². The summed E-state index contributed by atoms with van der Waals surface area (Å²) in [5, 5.41) is 0. The van der Waals surface area contributed by atoms with E-state index >= 15 is 0 Å². The van der Waals surface area contributed by atoms with Crippen LogP contribution in [0.2, 0.25) is 0 Å². The number of benzene rings is 1. The van der Waals surface area contributed by atoms with E-state index in [1.165, 1.54) is 23.9 Å². The minimum absolute atomic E-state index is 0.275. The first-order valence-electron chi connectivity index (χ1n) is 9.75. The van der Waals surface area contributed by atoms with Crippen LogP contribution in [-0.2, 0) is 14.1 Å². The molecular weight excluding hydrogens is 372 g/mol. The van der Waals surface area contributed by atoms with Crippen molar-refractivity contribution >= 4 is 5.82 Å². The fourth-order valence-electron chi connectivity index (χ4n) is 3.45. The van der Waals surface area contributed by atoms with Gasteiger partial charge in [0.25, 0.3) is 5.56 Å². The normalized spacial score (nSPS) is 14.6. The van der Waals surface area contributed by atoms with Gasteiger partial charge in [-0.1, -0.05) is 18.7 Å². The van der Waals surface area contributed by atoms with Gasteiger partial charge in [-0.2, -0.15) is 0 Å². The van der Waals surface area contributed by atoms with E-state index in [-0.39, 0.29) is 11.2 Å². The van der Waals surface area contributed by atoms with Gasteiger partial charge in [-0.05, 0) is 18.6 Å². The molecule has 0 atom stereocenters. The molecule has 1 aliphatic heterocycles. The van der Waals surface area contributed by atoms with Crippen LogP contribution in [0.25, 0.3) is 0 Å². The van der Waals surface area contributed by atoms with E-state index < -0.39 is 0 Å². The predicted octanol–water partition coefficient (Wildman–Crippen LogP) is 1.20. The molecule has 0 spiro atoms. The van der Waals surface area contributed by atoms with Crippen LogP contribution in [0, 0.1) is 0 Å². The summed E-state index contributed by atoms with van der Waals surface area (Å²) in [6, 6.07) is 9.07. The molecule has 0 radical (unpaired) electrons. The number of aromatic nitrogens is 2. The highest BCUT2D eigenvalue weighted by Gasteiger charge is 2.20. The number of rotatable bonds is 8. The third-order valence-corrected chi connectivity index (χ3v) is 5.13. The fourth-order valence-corrected chi connectivity index (χ4v) is 3.45. The molecule has 2 aromatic rings. The zero-order chi connectivity index (χ0) is 20.8. The van der Waals surface area contributed by atoms with E-state index in [1.807, 2.05) is 24.3 Å². The lowest BCUT2D eigenvalue weighted by Gasteiger charge is -2.36. The highest BCUT2D eigenvalue weighted by molar-refractivity contribution is 5.40. The minimum atomic E-state index is -0.298. The van der Waals surface area contributed by atoms with Gasteiger partial charge < -0.3 is 14.4 Å². The van der Waals surface area contributed by atoms with Gasteiger partial charge in [-0.25, -0.2) is 4.79 Å². The summed E-state index contributed by atoms with van der Waals surface area (Å²) in [6.45, 7) is 8.40. The lowest BCUT2D eigenvalue weighted by Crippen LogP contribution is -2.49. The van der Waals surface area contributed by atoms with Gasteiger partial charge in [-0.15, -0.1) is 0 Å². The number of anilines is 1. The standard InChI is InChI=1S/C21H28N4O4/c1-4-28-17-8-5-6-9-18(17)29-15-7-10-24-11-13-25(14-12-24)19-16-20(26)23(3)21(27)22(19)2/h4-6,8-9,16H,1,7,10-15H2,2-3H3. The van der Waals surface area contributed by atoms with Crippen molar-refractivity contribution in [2.75, 3.05) is 44.2 Å². The maximum absolute atomic E-state index is 12.1. The molecule has 3 rings (SSSR count). The summed E-state index contributed by atoms with van der Waals surface area (Å²) in [6.07, 6.45) is 2.28. The first-order valence-corrected chi connectivity index (χ1v) is 9.75. The van der Waals surface area contributed by atoms with Crippen LogP contribution >= 0.6 is 0 Å². The Balaban J connectivity index is 1.47. The van der Waals surface area contributed by atoms with Crippen molar-refractivity contribution in [1.82, 2.24) is 14.0 Å². The molecule has 0 N–H and O–H groups in total. The third-order valence-electron chi connectivity index (χ3n) is 5.13. The van der Waals surface area contributed by atoms with Gasteiger partial charge in [0, 0.05) is 52.9 Å². The second kappa shape index (κ2) is 9.47. The van der Waals surface area contributed by atoms with Crippen LogP contribution in [0.5, 0.6) is 11.5 Å². The molecule has 8 heteroatoms. The SMILES string of the molecule is C=COc1ccccc1OCCCN1CCN(c2cc(=O)n(C)c(=O)n2C)CC1. The third kappa shape index (κ3) is 4.89. The average Bonchev–Trinajstić information content (AvgIpc) is 2.74. The van der Waals surface area contributed by atoms with Gasteiger partial charge in [0.1, 0.15) is 5.82 Å². The van der Waals surface area contributed by atoms with Crippen molar-refractivity contribution in [3.8, 4) is 11.5 Å². The second-order valence-corrected chi connectivity index (χ2v) is 7.00. The van der Waals surface area contributed by atoms with Crippen molar-refractivity contribution in [3.63, 3.8) is 0 Å². The Morgan fingerprint density at radius 2 is 1.72 bits per heavy atom. The highest BCUT2D eigenvalue weighted by atomic mass is 16.5. The summed E-state index contributed by atoms with van der Waals surface area (Å²) in [7, 11) is 3.20. The smallest absolute Gasteiger partial charge is 0.332 e. The summed E-state index contributed by atoms with van der Waals surface area (Å²) in [4.78, 5) is 28.6. The Hall–Kier alpha value is -3.00. The lowest BCUT2D eigenvalue weighted by molar-refractivity contribution is 0.221. The van der Waals surface area contributed by atoms with Crippen LogP contribution in [0.1, 0.15) is 6.42 Å². The molecule has 0 bridgehead atoms. The van der Waals surface area contributed by atoms with Crippen LogP contribution in [0.4, 0.5) is 5.82 Å². The van der Waals surface area contributed by atoms with E-state index in [4.69, 9.17) is 9.47 Å². The molecule has 0 unspecified atom stereocenters. The van der Waals surface area contributed by atoms with Crippen LogP contribution in [0.3, 0.4) is 0 Å². The van der Waals surface area contributed by atoms with Gasteiger partial charge >= 0.3 is 5.69 Å². The Bertz CT molecular complexity index is 958. The summed E-state index contributed by atoms with van der Waals surface area (Å²) < 4.78 is 13.8. The zero-order valence-electron chi connectivity index (χ0n) is 17.0. The minimum Gasteiger partial charge on any atom is -0.490 e. The predicted molar refractivity (Wildman–Crippen MR) is 113 cm³/mol. The van der Waals surface area contributed by atoms with Gasteiger partial charge in [0.15, 0.2) is 11.5 Å². The molecule has 8 nitrogen and oxygen atoms in total. The summed E-state index contributed by atoms with van der Waals surface area (Å²) in [5.74, 6) is 2.06. The molecule has 2 heterocycles. The Morgan fingerprint density at radius 3 is 2.41 bits per heavy atom. The number of ether oxygens (including phenoxy) is 2. The largest absolute Gasteiger partial charge is 0.490 e. The zero-order valence-corrected chi connectivity index (χ0v) is 17.0. The monoisotopic (exact) mass is 400 g/mol. The van der Waals surface area contributed by atoms with Crippen LogP contribution < -0.4 is 25.6 Å². The fraction of sp³-hybridized carbons (Fsp3) is 0.429. The molecule has 1 aliphatic rings. The van der Waals surface area contributed by atoms with E-state index in [0.717, 1.165) is 43.7 Å². The Kier molecular flexibility index (Phi) is 6.77. The maximum Gasteiger partial charge on any atom is 0.332 e. The van der Waals surface area contributed by atoms with Crippen molar-refractivity contribution in [2.24, 2.45) is 14.1 Å². The molecule has 156 valence electrons. The van der Waals surface area contributed by atoms with E-state index in [2.05, 4.69) is 16.4 Å². The molecule has 0 aliphatic carbocycles. The number of piperazine rings is 1. The molecule has 1 saturated heterocycles. The van der Waals surface area contributed by atoms with Crippen molar-refractivity contribution in [3.05, 3.63) is 64.0 Å². The molecule has 1 fully saturated rings. The van der Waals surface area contributed by atoms with E-state index in [9.17, 15) is 9.59 Å². The molecular formula is C21H28N4O4. The maximum atomic E-state index is 12.1. The molecule has 0 saturated carbocycles. The average molecular weight is 400 g/mol. The summed E-state index contributed by atoms with van der Waals surface area (Å²) >= 11 is 0. The topological polar surface area (TPSA) is 68.9 Å². The second-order valence-electron chi connectivity index (χ2n) is 7.00. The Labute approximate surface area is 170 Å². The molecule has 1 aromatic heterocycles. The van der Waals surface area contributed by atoms with Crippen molar-refractivity contribution in [1.29, 1.82) is 0 Å². The van der Waals surface area contributed by atoms with Gasteiger partial charge in [0.05, 0.1) is 12.9 Å². The Morgan fingerprint density at radius 1 is 1.03 bits per heavy atom. The van der Waals surface area contributed by atoms with Crippen molar-refractivity contribution in [2.45, 2.75) is 6.42 Å². The summed E-state index contributed by atoms with van der Waals surface area (Å²) in [5.41, 5.74) is -0.573. The quantitative estimate of drug-likeness (QED) is 0.490. The van der Waals surface area contributed by atoms with Gasteiger partial charge in [-0.3, -0.25) is 18.8 Å². The molecule has 29 heavy (non-hydrogen) atoms. The van der Waals surface area contributed by atoms with Crippen LogP contribution in [-0.4, -0.2) is 53.4 Å². The van der Waals surface area contributed by atoms with Gasteiger partial charge in [0.2, 0.25) is 0 Å². The first kappa shape index (κ1) is 20.7. The van der Waals surface area contributed by atoms with E-state index in [1.54, 1.807) is 7.05 Å². The molecule has 1 aromatic carbocycles. The highest BCUT2D eigenvalue weighted by Crippen LogP contribution is 2.26. The number of nitrogens with zero attached hydrogens (tertiary/aromatic N) is 4.